The van der Waals surface area contributed by atoms with Gasteiger partial charge < -0.3 is 0 Å². The molecule has 4 heteroatoms. The molecule has 0 radical (unpaired) electrons. The summed E-state index contributed by atoms with van der Waals surface area (Å²) < 4.78 is 15.4. The van der Waals surface area contributed by atoms with Crippen LogP contribution in [0.4, 0.5) is 4.39 Å². The predicted molar refractivity (Wildman–Crippen MR) is 63.7 cm³/mol. The first-order valence-corrected chi connectivity index (χ1v) is 8.48. The van der Waals surface area contributed by atoms with Crippen molar-refractivity contribution in [2.75, 3.05) is 6.54 Å². The fourth-order valence-electron chi connectivity index (χ4n) is 2.26. The summed E-state index contributed by atoms with van der Waals surface area (Å²) in [5, 5.41) is 0. The minimum absolute atomic E-state index is 0.203. The van der Waals surface area contributed by atoms with Crippen LogP contribution in [0, 0.1) is 5.82 Å². The van der Waals surface area contributed by atoms with Gasteiger partial charge >= 0.3 is 123 Å². The Balaban J connectivity index is 1.97. The van der Waals surface area contributed by atoms with Crippen molar-refractivity contribution in [3.05, 3.63) is 53.5 Å². The molecule has 0 saturated carbocycles. The first kappa shape index (κ1) is 12.2. The molecule has 2 aromatic rings. The van der Waals surface area contributed by atoms with E-state index < -0.39 is 0 Å². The van der Waals surface area contributed by atoms with Gasteiger partial charge in [0.1, 0.15) is 0 Å². The molecule has 0 bridgehead atoms. The summed E-state index contributed by atoms with van der Waals surface area (Å²) in [7, 11) is 0. The molecule has 0 saturated heterocycles. The number of hydrogen-bond donors (Lipinski definition) is 0. The van der Waals surface area contributed by atoms with Crippen LogP contribution in [0.3, 0.4) is 0 Å². The maximum atomic E-state index is 12.9. The molecule has 1 aliphatic rings. The Labute approximate surface area is 122 Å². The maximum absolute atomic E-state index is 12.9. The van der Waals surface area contributed by atoms with Gasteiger partial charge in [0.25, 0.3) is 0 Å². The van der Waals surface area contributed by atoms with E-state index in [2.05, 4.69) is 8.73 Å². The summed E-state index contributed by atoms with van der Waals surface area (Å²) in [4.78, 5) is 4.72. The van der Waals surface area contributed by atoms with Crippen LogP contribution in [0.5, 0.6) is 0 Å². The third-order valence-electron chi connectivity index (χ3n) is 3.27. The Morgan fingerprint density at radius 3 is 2.67 bits per heavy atom. The monoisotopic (exact) mass is 429 g/mol. The van der Waals surface area contributed by atoms with Crippen LogP contribution in [-0.4, -0.2) is 14.2 Å². The van der Waals surface area contributed by atoms with Gasteiger partial charge in [-0.1, -0.05) is 0 Å². The SMILES string of the molecule is Fc1ccc(-c2ccc3c(n2)CC[N]([Hg])C3)cc1. The summed E-state index contributed by atoms with van der Waals surface area (Å²) in [6.07, 6.45) is 1.04. The van der Waals surface area contributed by atoms with Crippen LogP contribution in [0.1, 0.15) is 11.3 Å². The van der Waals surface area contributed by atoms with E-state index >= 15 is 0 Å². The van der Waals surface area contributed by atoms with Crippen LogP contribution in [0.25, 0.3) is 11.3 Å². The van der Waals surface area contributed by atoms with E-state index in [4.69, 9.17) is 4.98 Å². The second-order valence-corrected chi connectivity index (χ2v) is 8.09. The quantitative estimate of drug-likeness (QED) is 0.651. The normalized spacial score (nSPS) is 15.5. The van der Waals surface area contributed by atoms with E-state index in [1.165, 1.54) is 23.4 Å². The van der Waals surface area contributed by atoms with Gasteiger partial charge in [0, 0.05) is 0 Å². The summed E-state index contributed by atoms with van der Waals surface area (Å²) in [5.74, 6) is -0.203. The van der Waals surface area contributed by atoms with E-state index in [0.29, 0.717) is 26.4 Å². The molecule has 0 atom stereocenters. The molecule has 1 aliphatic heterocycles. The Morgan fingerprint density at radius 1 is 1.11 bits per heavy atom. The number of fused-ring (bicyclic) bond motifs is 1. The van der Waals surface area contributed by atoms with Crippen LogP contribution in [-0.2, 0) is 39.4 Å². The van der Waals surface area contributed by atoms with E-state index in [1.807, 2.05) is 6.07 Å². The van der Waals surface area contributed by atoms with Crippen molar-refractivity contribution < 1.29 is 30.8 Å². The van der Waals surface area contributed by atoms with Gasteiger partial charge in [-0.05, 0) is 0 Å². The molecule has 1 aromatic heterocycles. The Kier molecular flexibility index (Phi) is 3.44. The first-order chi connectivity index (χ1) is 8.72. The van der Waals surface area contributed by atoms with Crippen LogP contribution in [0.2, 0.25) is 0 Å². The molecular weight excluding hydrogens is 416 g/mol. The van der Waals surface area contributed by atoms with Gasteiger partial charge in [-0.2, -0.15) is 0 Å². The fourth-order valence-corrected chi connectivity index (χ4v) is 3.81. The molecule has 0 fully saturated rings. The van der Waals surface area contributed by atoms with Crippen molar-refractivity contribution in [3.63, 3.8) is 0 Å². The van der Waals surface area contributed by atoms with E-state index in [0.717, 1.165) is 30.8 Å². The Hall–Kier alpha value is -0.805. The minimum atomic E-state index is -0.203. The molecule has 0 amide bonds. The second kappa shape index (κ2) is 5.06. The zero-order chi connectivity index (χ0) is 12.5. The second-order valence-electron chi connectivity index (χ2n) is 4.61. The average Bonchev–Trinajstić information content (AvgIpc) is 2.39. The van der Waals surface area contributed by atoms with Gasteiger partial charge in [-0.15, -0.1) is 0 Å². The molecule has 87 valence electrons. The van der Waals surface area contributed by atoms with Gasteiger partial charge in [-0.25, -0.2) is 0 Å². The fraction of sp³-hybridized carbons (Fsp3) is 0.214. The zero-order valence-electron chi connectivity index (χ0n) is 10.1. The molecule has 0 unspecified atom stereocenters. The molecule has 3 rings (SSSR count). The predicted octanol–water partition coefficient (Wildman–Crippen LogP) is 2.71. The van der Waals surface area contributed by atoms with Crippen LogP contribution >= 0.6 is 0 Å². The number of pyridine rings is 1. The van der Waals surface area contributed by atoms with E-state index in [9.17, 15) is 4.39 Å². The molecule has 2 heterocycles. The van der Waals surface area contributed by atoms with Crippen molar-refractivity contribution in [1.29, 1.82) is 0 Å². The van der Waals surface area contributed by atoms with Crippen molar-refractivity contribution in [3.8, 4) is 11.3 Å². The third kappa shape index (κ3) is 2.47. The Morgan fingerprint density at radius 2 is 1.89 bits per heavy atom. The number of halogens is 1. The molecule has 1 aromatic carbocycles. The number of rotatable bonds is 1. The topological polar surface area (TPSA) is 16.1 Å². The molecule has 0 spiro atoms. The van der Waals surface area contributed by atoms with Crippen molar-refractivity contribution >= 4 is 0 Å². The van der Waals surface area contributed by atoms with Crippen molar-refractivity contribution in [2.24, 2.45) is 0 Å². The zero-order valence-corrected chi connectivity index (χ0v) is 15.6. The van der Waals surface area contributed by atoms with Crippen LogP contribution < -0.4 is 0 Å². The summed E-state index contributed by atoms with van der Waals surface area (Å²) in [6, 6.07) is 10.7. The molecule has 2 nitrogen and oxygen atoms in total. The van der Waals surface area contributed by atoms with Gasteiger partial charge in [0.2, 0.25) is 0 Å². The van der Waals surface area contributed by atoms with Gasteiger partial charge in [-0.3, -0.25) is 0 Å². The number of aromatic nitrogens is 1. The summed E-state index contributed by atoms with van der Waals surface area (Å²) in [5.41, 5.74) is 4.48. The summed E-state index contributed by atoms with van der Waals surface area (Å²) in [6.45, 7) is 2.19. The molecule has 0 aliphatic carbocycles. The molecule has 18 heavy (non-hydrogen) atoms. The van der Waals surface area contributed by atoms with E-state index in [-0.39, 0.29) is 5.82 Å². The molecular formula is C14H12FHgN2. The third-order valence-corrected chi connectivity index (χ3v) is 5.37. The van der Waals surface area contributed by atoms with Gasteiger partial charge in [0.05, 0.1) is 0 Å². The molecule has 0 N–H and O–H groups in total. The number of nitrogens with zero attached hydrogens (tertiary/aromatic N) is 2. The summed E-state index contributed by atoms with van der Waals surface area (Å²) >= 11 is 0.700. The van der Waals surface area contributed by atoms with E-state index in [1.54, 1.807) is 12.1 Å². The van der Waals surface area contributed by atoms with Crippen LogP contribution in [0.15, 0.2) is 36.4 Å². The number of hydrogen-bond acceptors (Lipinski definition) is 2. The Bertz CT molecular complexity index is 569. The average molecular weight is 428 g/mol. The standard InChI is InChI=1S/C14H12FN2.Hg/c15-12-4-1-10(2-5-12)13-6-3-11-9-16-8-7-14(11)17-13;/h1-6H,7-9H2;/q-1;+1. The van der Waals surface area contributed by atoms with Crippen molar-refractivity contribution in [1.82, 2.24) is 7.65 Å². The first-order valence-electron chi connectivity index (χ1n) is 6.02. The van der Waals surface area contributed by atoms with Crippen molar-refractivity contribution in [2.45, 2.75) is 13.0 Å². The van der Waals surface area contributed by atoms with Gasteiger partial charge in [0.15, 0.2) is 0 Å². The number of benzene rings is 1.